The molecule has 0 heterocycles. The number of likely N-dealkylation sites (N-methyl/N-ethyl adjacent to an activating group) is 1. The molecule has 2 rings (SSSR count). The van der Waals surface area contributed by atoms with Gasteiger partial charge in [-0.15, -0.1) is 0 Å². The van der Waals surface area contributed by atoms with Crippen molar-refractivity contribution in [3.8, 4) is 0 Å². The lowest BCUT2D eigenvalue weighted by Crippen LogP contribution is -2.36. The zero-order valence-corrected chi connectivity index (χ0v) is 13.3. The molecule has 2 atom stereocenters. The highest BCUT2D eigenvalue weighted by molar-refractivity contribution is 5.81. The smallest absolute Gasteiger partial charge is 0.137 e. The van der Waals surface area contributed by atoms with Crippen LogP contribution in [0.4, 0.5) is 0 Å². The van der Waals surface area contributed by atoms with Crippen LogP contribution < -0.4 is 0 Å². The fourth-order valence-electron chi connectivity index (χ4n) is 3.27. The molecule has 0 N–H and O–H groups in total. The van der Waals surface area contributed by atoms with E-state index in [0.717, 1.165) is 57.4 Å². The number of rotatable bonds is 9. The Balaban J connectivity index is 1.62. The second-order valence-corrected chi connectivity index (χ2v) is 6.87. The van der Waals surface area contributed by atoms with Gasteiger partial charge in [-0.25, -0.2) is 0 Å². The van der Waals surface area contributed by atoms with Crippen molar-refractivity contribution in [1.82, 2.24) is 4.90 Å². The van der Waals surface area contributed by atoms with Crippen LogP contribution in [-0.4, -0.2) is 44.0 Å². The molecule has 0 aromatic heterocycles. The zero-order valence-electron chi connectivity index (χ0n) is 13.3. The van der Waals surface area contributed by atoms with E-state index in [1.165, 1.54) is 25.7 Å². The second kappa shape index (κ2) is 8.14. The van der Waals surface area contributed by atoms with Crippen molar-refractivity contribution in [1.29, 1.82) is 0 Å². The van der Waals surface area contributed by atoms with Gasteiger partial charge in [-0.3, -0.25) is 4.79 Å². The maximum Gasteiger partial charge on any atom is 0.137 e. The minimum Gasteiger partial charge on any atom is -0.380 e. The summed E-state index contributed by atoms with van der Waals surface area (Å²) in [7, 11) is 2.12. The van der Waals surface area contributed by atoms with E-state index in [1.807, 2.05) is 0 Å². The van der Waals surface area contributed by atoms with Gasteiger partial charge in [0, 0.05) is 32.0 Å². The molecule has 0 spiro atoms. The van der Waals surface area contributed by atoms with Crippen LogP contribution in [0.5, 0.6) is 0 Å². The average molecular weight is 281 g/mol. The summed E-state index contributed by atoms with van der Waals surface area (Å²) < 4.78 is 5.68. The fourth-order valence-corrected chi connectivity index (χ4v) is 3.27. The highest BCUT2D eigenvalue weighted by atomic mass is 16.5. The zero-order chi connectivity index (χ0) is 14.4. The van der Waals surface area contributed by atoms with Crippen LogP contribution in [0.2, 0.25) is 0 Å². The van der Waals surface area contributed by atoms with Crippen molar-refractivity contribution >= 4 is 5.78 Å². The van der Waals surface area contributed by atoms with Crippen LogP contribution in [0, 0.1) is 17.8 Å². The average Bonchev–Trinajstić information content (AvgIpc) is 3.23. The molecular formula is C17H31NO2. The van der Waals surface area contributed by atoms with Crippen molar-refractivity contribution in [2.75, 3.05) is 33.4 Å². The van der Waals surface area contributed by atoms with Gasteiger partial charge in [0.1, 0.15) is 5.78 Å². The Hall–Kier alpha value is -0.410. The topological polar surface area (TPSA) is 29.5 Å². The number of carbonyl (C=O) groups excluding carboxylic acids is 1. The van der Waals surface area contributed by atoms with Gasteiger partial charge in [0.05, 0.1) is 6.61 Å². The Morgan fingerprint density at radius 2 is 2.05 bits per heavy atom. The molecule has 2 saturated carbocycles. The van der Waals surface area contributed by atoms with Crippen molar-refractivity contribution in [2.45, 2.75) is 51.9 Å². The van der Waals surface area contributed by atoms with Crippen LogP contribution in [0.1, 0.15) is 51.9 Å². The molecule has 3 nitrogen and oxygen atoms in total. The summed E-state index contributed by atoms with van der Waals surface area (Å²) in [5.74, 6) is 2.38. The van der Waals surface area contributed by atoms with E-state index >= 15 is 0 Å². The standard InChI is InChI=1S/C17H31NO2/c1-3-4-14-7-8-17(19)16(11-14)12-18(2)9-10-20-13-15-5-6-15/h14-16H,3-13H2,1-2H3. The van der Waals surface area contributed by atoms with Crippen LogP contribution in [0.25, 0.3) is 0 Å². The lowest BCUT2D eigenvalue weighted by molar-refractivity contribution is -0.126. The first-order valence-corrected chi connectivity index (χ1v) is 8.48. The largest absolute Gasteiger partial charge is 0.380 e. The first kappa shape index (κ1) is 16.0. The van der Waals surface area contributed by atoms with Gasteiger partial charge >= 0.3 is 0 Å². The number of Topliss-reactive ketones (excluding diaryl/α,β-unsaturated/α-hetero) is 1. The Bertz CT molecular complexity index is 301. The third kappa shape index (κ3) is 5.53. The monoisotopic (exact) mass is 281 g/mol. The minimum absolute atomic E-state index is 0.272. The molecular weight excluding hydrogens is 250 g/mol. The van der Waals surface area contributed by atoms with Gasteiger partial charge in [0.25, 0.3) is 0 Å². The number of carbonyl (C=O) groups is 1. The van der Waals surface area contributed by atoms with Gasteiger partial charge in [-0.2, -0.15) is 0 Å². The quantitative estimate of drug-likeness (QED) is 0.608. The van der Waals surface area contributed by atoms with Gasteiger partial charge in [0.2, 0.25) is 0 Å². The first-order chi connectivity index (χ1) is 9.69. The maximum absolute atomic E-state index is 12.0. The molecule has 0 amide bonds. The van der Waals surface area contributed by atoms with E-state index < -0.39 is 0 Å². The molecule has 3 heteroatoms. The molecule has 2 fully saturated rings. The van der Waals surface area contributed by atoms with Gasteiger partial charge in [-0.1, -0.05) is 19.8 Å². The van der Waals surface area contributed by atoms with E-state index in [9.17, 15) is 4.79 Å². The number of hydrogen-bond acceptors (Lipinski definition) is 3. The lowest BCUT2D eigenvalue weighted by atomic mass is 9.78. The third-order valence-corrected chi connectivity index (χ3v) is 4.77. The minimum atomic E-state index is 0.272. The second-order valence-electron chi connectivity index (χ2n) is 6.87. The maximum atomic E-state index is 12.0. The van der Waals surface area contributed by atoms with Crippen molar-refractivity contribution in [3.05, 3.63) is 0 Å². The molecule has 0 saturated heterocycles. The first-order valence-electron chi connectivity index (χ1n) is 8.48. The normalized spacial score (nSPS) is 27.2. The van der Waals surface area contributed by atoms with Gasteiger partial charge < -0.3 is 9.64 Å². The summed E-state index contributed by atoms with van der Waals surface area (Å²) >= 11 is 0. The van der Waals surface area contributed by atoms with Crippen molar-refractivity contribution < 1.29 is 9.53 Å². The highest BCUT2D eigenvalue weighted by Gasteiger charge is 2.28. The van der Waals surface area contributed by atoms with E-state index in [1.54, 1.807) is 0 Å². The SMILES string of the molecule is CCCC1CCC(=O)C(CN(C)CCOCC2CC2)C1. The molecule has 116 valence electrons. The van der Waals surface area contributed by atoms with Gasteiger partial charge in [-0.05, 0) is 44.6 Å². The van der Waals surface area contributed by atoms with Gasteiger partial charge in [0.15, 0.2) is 0 Å². The predicted molar refractivity (Wildman–Crippen MR) is 81.8 cm³/mol. The number of ether oxygens (including phenoxy) is 1. The lowest BCUT2D eigenvalue weighted by Gasteiger charge is -2.30. The Morgan fingerprint density at radius 3 is 2.75 bits per heavy atom. The van der Waals surface area contributed by atoms with Crippen molar-refractivity contribution in [3.63, 3.8) is 0 Å². The van der Waals surface area contributed by atoms with Crippen LogP contribution in [-0.2, 0) is 9.53 Å². The summed E-state index contributed by atoms with van der Waals surface area (Å²) in [5, 5.41) is 0. The van der Waals surface area contributed by atoms with Crippen LogP contribution >= 0.6 is 0 Å². The Kier molecular flexibility index (Phi) is 6.50. The molecule has 0 aromatic rings. The molecule has 0 aromatic carbocycles. The Morgan fingerprint density at radius 1 is 1.25 bits per heavy atom. The molecule has 20 heavy (non-hydrogen) atoms. The summed E-state index contributed by atoms with van der Waals surface area (Å²) in [6.45, 7) is 5.87. The fraction of sp³-hybridized carbons (Fsp3) is 0.941. The summed E-state index contributed by atoms with van der Waals surface area (Å²) in [6.07, 6.45) is 8.28. The molecule has 2 aliphatic carbocycles. The molecule has 0 aliphatic heterocycles. The predicted octanol–water partition coefficient (Wildman–Crippen LogP) is 3.13. The van der Waals surface area contributed by atoms with E-state index in [4.69, 9.17) is 4.74 Å². The number of hydrogen-bond donors (Lipinski definition) is 0. The third-order valence-electron chi connectivity index (χ3n) is 4.77. The summed E-state index contributed by atoms with van der Waals surface area (Å²) in [6, 6.07) is 0. The van der Waals surface area contributed by atoms with E-state index in [0.29, 0.717) is 5.78 Å². The van der Waals surface area contributed by atoms with Crippen molar-refractivity contribution in [2.24, 2.45) is 17.8 Å². The molecule has 0 radical (unpaired) electrons. The number of ketones is 1. The van der Waals surface area contributed by atoms with E-state index in [2.05, 4.69) is 18.9 Å². The molecule has 0 bridgehead atoms. The number of nitrogens with zero attached hydrogens (tertiary/aromatic N) is 1. The van der Waals surface area contributed by atoms with Crippen LogP contribution in [0.3, 0.4) is 0 Å². The van der Waals surface area contributed by atoms with E-state index in [-0.39, 0.29) is 5.92 Å². The Labute approximate surface area is 124 Å². The molecule has 2 aliphatic rings. The summed E-state index contributed by atoms with van der Waals surface area (Å²) in [5.41, 5.74) is 0. The van der Waals surface area contributed by atoms with Crippen LogP contribution in [0.15, 0.2) is 0 Å². The summed E-state index contributed by atoms with van der Waals surface area (Å²) in [4.78, 5) is 14.3. The highest BCUT2D eigenvalue weighted by Crippen LogP contribution is 2.30. The molecule has 2 unspecified atom stereocenters.